The second-order valence-corrected chi connectivity index (χ2v) is 5.60. The first-order valence-electron chi connectivity index (χ1n) is 7.32. The van der Waals surface area contributed by atoms with Crippen LogP contribution < -0.4 is 5.32 Å². The third kappa shape index (κ3) is 4.09. The first kappa shape index (κ1) is 16.0. The minimum atomic E-state index is -0.964. The van der Waals surface area contributed by atoms with Gasteiger partial charge in [-0.3, -0.25) is 0 Å². The zero-order valence-corrected chi connectivity index (χ0v) is 12.8. The molecule has 4 heteroatoms. The molecule has 0 aliphatic rings. The van der Waals surface area contributed by atoms with E-state index in [1.54, 1.807) is 18.2 Å². The predicted octanol–water partition coefficient (Wildman–Crippen LogP) is 3.65. The summed E-state index contributed by atoms with van der Waals surface area (Å²) in [6, 6.07) is 14.4. The number of hydrogen-bond donors (Lipinski definition) is 3. The van der Waals surface area contributed by atoms with Crippen molar-refractivity contribution in [3.8, 4) is 0 Å². The van der Waals surface area contributed by atoms with Crippen molar-refractivity contribution in [2.75, 3.05) is 11.9 Å². The van der Waals surface area contributed by atoms with Crippen molar-refractivity contribution in [3.05, 3.63) is 65.2 Å². The van der Waals surface area contributed by atoms with E-state index < -0.39 is 12.1 Å². The quantitative estimate of drug-likeness (QED) is 0.761. The standard InChI is InChI=1S/C18H21NO3/c1-12(2)13-6-8-14(9-7-13)17(20)11-19-16-5-3-4-15(10-16)18(21)22/h3-10,12,17,19-20H,11H2,1-2H3,(H,21,22). The van der Waals surface area contributed by atoms with Gasteiger partial charge in [-0.15, -0.1) is 0 Å². The second kappa shape index (κ2) is 7.09. The van der Waals surface area contributed by atoms with E-state index in [0.717, 1.165) is 5.56 Å². The molecule has 22 heavy (non-hydrogen) atoms. The van der Waals surface area contributed by atoms with Crippen molar-refractivity contribution in [1.82, 2.24) is 0 Å². The molecule has 2 aromatic carbocycles. The maximum absolute atomic E-state index is 10.9. The molecule has 0 aliphatic heterocycles. The van der Waals surface area contributed by atoms with E-state index in [2.05, 4.69) is 19.2 Å². The number of nitrogens with one attached hydrogen (secondary N) is 1. The van der Waals surface area contributed by atoms with Crippen LogP contribution in [0.2, 0.25) is 0 Å². The van der Waals surface area contributed by atoms with Crippen molar-refractivity contribution < 1.29 is 15.0 Å². The molecular weight excluding hydrogens is 278 g/mol. The Hall–Kier alpha value is -2.33. The Morgan fingerprint density at radius 1 is 1.09 bits per heavy atom. The van der Waals surface area contributed by atoms with Gasteiger partial charge in [-0.05, 0) is 35.2 Å². The van der Waals surface area contributed by atoms with Gasteiger partial charge in [0.15, 0.2) is 0 Å². The zero-order valence-electron chi connectivity index (χ0n) is 12.8. The van der Waals surface area contributed by atoms with Crippen LogP contribution in [0.25, 0.3) is 0 Å². The first-order valence-corrected chi connectivity index (χ1v) is 7.32. The van der Waals surface area contributed by atoms with E-state index in [4.69, 9.17) is 5.11 Å². The molecule has 0 spiro atoms. The van der Waals surface area contributed by atoms with Gasteiger partial charge in [0, 0.05) is 12.2 Å². The summed E-state index contributed by atoms with van der Waals surface area (Å²) in [5.74, 6) is -0.503. The van der Waals surface area contributed by atoms with E-state index in [1.165, 1.54) is 11.6 Å². The highest BCUT2D eigenvalue weighted by molar-refractivity contribution is 5.88. The van der Waals surface area contributed by atoms with Crippen LogP contribution in [0.5, 0.6) is 0 Å². The highest BCUT2D eigenvalue weighted by Crippen LogP contribution is 2.19. The number of hydrogen-bond acceptors (Lipinski definition) is 3. The van der Waals surface area contributed by atoms with Crippen LogP contribution in [-0.2, 0) is 0 Å². The molecule has 0 aromatic heterocycles. The number of carboxylic acids is 1. The van der Waals surface area contributed by atoms with Crippen molar-refractivity contribution >= 4 is 11.7 Å². The summed E-state index contributed by atoms with van der Waals surface area (Å²) in [5, 5.41) is 22.2. The molecule has 1 atom stereocenters. The number of aliphatic hydroxyl groups excluding tert-OH is 1. The summed E-state index contributed by atoms with van der Waals surface area (Å²) in [6.07, 6.45) is -0.644. The first-order chi connectivity index (χ1) is 10.5. The van der Waals surface area contributed by atoms with E-state index >= 15 is 0 Å². The largest absolute Gasteiger partial charge is 0.478 e. The number of aliphatic hydroxyl groups is 1. The Balaban J connectivity index is 1.98. The maximum atomic E-state index is 10.9. The fraction of sp³-hybridized carbons (Fsp3) is 0.278. The second-order valence-electron chi connectivity index (χ2n) is 5.60. The molecule has 0 amide bonds. The molecular formula is C18H21NO3. The summed E-state index contributed by atoms with van der Waals surface area (Å²) in [4.78, 5) is 10.9. The highest BCUT2D eigenvalue weighted by Gasteiger charge is 2.09. The Bertz CT molecular complexity index is 635. The molecule has 0 aliphatic carbocycles. The molecule has 0 radical (unpaired) electrons. The fourth-order valence-corrected chi connectivity index (χ4v) is 2.20. The molecule has 0 bridgehead atoms. The molecule has 3 N–H and O–H groups in total. The van der Waals surface area contributed by atoms with Crippen molar-refractivity contribution in [3.63, 3.8) is 0 Å². The normalized spacial score (nSPS) is 12.2. The lowest BCUT2D eigenvalue weighted by Gasteiger charge is -2.14. The van der Waals surface area contributed by atoms with Crippen molar-refractivity contribution in [2.24, 2.45) is 0 Å². The third-order valence-corrected chi connectivity index (χ3v) is 3.60. The summed E-state index contributed by atoms with van der Waals surface area (Å²) in [7, 11) is 0. The van der Waals surface area contributed by atoms with Gasteiger partial charge in [0.1, 0.15) is 0 Å². The lowest BCUT2D eigenvalue weighted by Crippen LogP contribution is -2.12. The van der Waals surface area contributed by atoms with Gasteiger partial charge >= 0.3 is 5.97 Å². The van der Waals surface area contributed by atoms with E-state index in [9.17, 15) is 9.90 Å². The van der Waals surface area contributed by atoms with Gasteiger partial charge in [-0.25, -0.2) is 4.79 Å². The zero-order chi connectivity index (χ0) is 16.1. The van der Waals surface area contributed by atoms with E-state index in [1.807, 2.05) is 24.3 Å². The molecule has 4 nitrogen and oxygen atoms in total. The van der Waals surface area contributed by atoms with Crippen LogP contribution >= 0.6 is 0 Å². The number of rotatable bonds is 6. The van der Waals surface area contributed by atoms with Crippen LogP contribution in [0.4, 0.5) is 5.69 Å². The summed E-state index contributed by atoms with van der Waals surface area (Å²) in [5.41, 5.74) is 2.97. The molecule has 0 saturated heterocycles. The van der Waals surface area contributed by atoms with Crippen LogP contribution in [0.3, 0.4) is 0 Å². The molecule has 116 valence electrons. The number of carbonyl (C=O) groups is 1. The van der Waals surface area contributed by atoms with Gasteiger partial charge in [0.25, 0.3) is 0 Å². The SMILES string of the molecule is CC(C)c1ccc(C(O)CNc2cccc(C(=O)O)c2)cc1. The summed E-state index contributed by atoms with van der Waals surface area (Å²) >= 11 is 0. The molecule has 1 unspecified atom stereocenters. The van der Waals surface area contributed by atoms with Crippen LogP contribution in [0.1, 0.15) is 47.4 Å². The predicted molar refractivity (Wildman–Crippen MR) is 87.4 cm³/mol. The number of carboxylic acid groups (broad SMARTS) is 1. The third-order valence-electron chi connectivity index (χ3n) is 3.60. The van der Waals surface area contributed by atoms with Gasteiger partial charge in [0.05, 0.1) is 11.7 Å². The lowest BCUT2D eigenvalue weighted by molar-refractivity contribution is 0.0697. The monoisotopic (exact) mass is 299 g/mol. The molecule has 2 aromatic rings. The summed E-state index contributed by atoms with van der Waals surface area (Å²) < 4.78 is 0. The van der Waals surface area contributed by atoms with Gasteiger partial charge in [-0.2, -0.15) is 0 Å². The highest BCUT2D eigenvalue weighted by atomic mass is 16.4. The Kier molecular flexibility index (Phi) is 5.17. The van der Waals surface area contributed by atoms with Crippen LogP contribution in [-0.4, -0.2) is 22.7 Å². The Labute approximate surface area is 130 Å². The topological polar surface area (TPSA) is 69.6 Å². The van der Waals surface area contributed by atoms with Crippen molar-refractivity contribution in [1.29, 1.82) is 0 Å². The average Bonchev–Trinajstić information content (AvgIpc) is 2.53. The Morgan fingerprint density at radius 3 is 2.32 bits per heavy atom. The number of anilines is 1. The van der Waals surface area contributed by atoms with Crippen LogP contribution in [0.15, 0.2) is 48.5 Å². The van der Waals surface area contributed by atoms with Crippen molar-refractivity contribution in [2.45, 2.75) is 25.9 Å². The van der Waals surface area contributed by atoms with Gasteiger partial charge < -0.3 is 15.5 Å². The maximum Gasteiger partial charge on any atom is 0.335 e. The molecule has 0 saturated carbocycles. The average molecular weight is 299 g/mol. The fourth-order valence-electron chi connectivity index (χ4n) is 2.20. The molecule has 2 rings (SSSR count). The van der Waals surface area contributed by atoms with Gasteiger partial charge in [-0.1, -0.05) is 44.2 Å². The number of benzene rings is 2. The smallest absolute Gasteiger partial charge is 0.335 e. The minimum absolute atomic E-state index is 0.223. The van der Waals surface area contributed by atoms with E-state index in [0.29, 0.717) is 18.2 Å². The van der Waals surface area contributed by atoms with Gasteiger partial charge in [0.2, 0.25) is 0 Å². The lowest BCUT2D eigenvalue weighted by atomic mass is 10.00. The Morgan fingerprint density at radius 2 is 1.73 bits per heavy atom. The summed E-state index contributed by atoms with van der Waals surface area (Å²) in [6.45, 7) is 4.58. The molecule has 0 heterocycles. The van der Waals surface area contributed by atoms with Crippen LogP contribution in [0, 0.1) is 0 Å². The number of aromatic carboxylic acids is 1. The van der Waals surface area contributed by atoms with E-state index in [-0.39, 0.29) is 5.56 Å². The molecule has 0 fully saturated rings. The minimum Gasteiger partial charge on any atom is -0.478 e.